The fraction of sp³-hybridized carbons (Fsp3) is 0.263. The number of para-hydroxylation sites is 2. The van der Waals surface area contributed by atoms with Gasteiger partial charge in [0.2, 0.25) is 5.91 Å². The van der Waals surface area contributed by atoms with Crippen LogP contribution >= 0.6 is 15.9 Å². The highest BCUT2D eigenvalue weighted by Gasteiger charge is 2.19. The van der Waals surface area contributed by atoms with E-state index in [2.05, 4.69) is 26.2 Å². The molecule has 0 spiro atoms. The number of rotatable bonds is 5. The molecule has 2 aromatic carbocycles. The highest BCUT2D eigenvalue weighted by Crippen LogP contribution is 2.28. The molecule has 0 aliphatic rings. The lowest BCUT2D eigenvalue weighted by atomic mass is 10.1. The number of imidazole rings is 1. The molecular formula is C19H20BrN3O2. The Bertz CT molecular complexity index is 907. The Balaban J connectivity index is 1.76. The third-order valence-corrected chi connectivity index (χ3v) is 4.93. The Hall–Kier alpha value is -2.34. The molecular weight excluding hydrogens is 382 g/mol. The second-order valence-electron chi connectivity index (χ2n) is 5.94. The van der Waals surface area contributed by atoms with Crippen molar-refractivity contribution < 1.29 is 9.53 Å². The van der Waals surface area contributed by atoms with Crippen LogP contribution in [0.1, 0.15) is 31.5 Å². The van der Waals surface area contributed by atoms with Crippen molar-refractivity contribution >= 4 is 32.9 Å². The summed E-state index contributed by atoms with van der Waals surface area (Å²) in [4.78, 5) is 17.0. The third kappa shape index (κ3) is 3.54. The highest BCUT2D eigenvalue weighted by atomic mass is 79.9. The second-order valence-corrected chi connectivity index (χ2v) is 6.80. The normalized spacial score (nSPS) is 13.4. The lowest BCUT2D eigenvalue weighted by molar-refractivity contribution is -0.124. The van der Waals surface area contributed by atoms with E-state index in [9.17, 15) is 4.79 Å². The van der Waals surface area contributed by atoms with Gasteiger partial charge in [-0.1, -0.05) is 18.2 Å². The first-order valence-corrected chi connectivity index (χ1v) is 8.86. The zero-order chi connectivity index (χ0) is 18.0. The van der Waals surface area contributed by atoms with Crippen LogP contribution in [0.25, 0.3) is 11.0 Å². The smallest absolute Gasteiger partial charge is 0.243 e. The molecule has 1 heterocycles. The van der Waals surface area contributed by atoms with Crippen molar-refractivity contribution in [3.63, 3.8) is 0 Å². The lowest BCUT2D eigenvalue weighted by Crippen LogP contribution is -2.32. The van der Waals surface area contributed by atoms with E-state index in [1.54, 1.807) is 13.4 Å². The average molecular weight is 402 g/mol. The molecule has 0 saturated carbocycles. The van der Waals surface area contributed by atoms with Gasteiger partial charge in [0.1, 0.15) is 11.8 Å². The molecule has 130 valence electrons. The number of halogens is 1. The molecule has 6 heteroatoms. The number of fused-ring (bicyclic) bond motifs is 1. The van der Waals surface area contributed by atoms with Gasteiger partial charge in [-0.05, 0) is 59.6 Å². The maximum absolute atomic E-state index is 12.7. The van der Waals surface area contributed by atoms with E-state index in [0.29, 0.717) is 0 Å². The molecule has 25 heavy (non-hydrogen) atoms. The number of methoxy groups -OCH3 is 1. The van der Waals surface area contributed by atoms with E-state index < -0.39 is 0 Å². The molecule has 5 nitrogen and oxygen atoms in total. The summed E-state index contributed by atoms with van der Waals surface area (Å²) in [7, 11) is 1.63. The van der Waals surface area contributed by atoms with Crippen molar-refractivity contribution in [3.8, 4) is 5.75 Å². The summed E-state index contributed by atoms with van der Waals surface area (Å²) in [5.41, 5.74) is 2.84. The van der Waals surface area contributed by atoms with Gasteiger partial charge in [-0.25, -0.2) is 4.98 Å². The average Bonchev–Trinajstić information content (AvgIpc) is 3.04. The minimum Gasteiger partial charge on any atom is -0.496 e. The molecule has 0 saturated heterocycles. The Morgan fingerprint density at radius 2 is 2.00 bits per heavy atom. The zero-order valence-electron chi connectivity index (χ0n) is 14.4. The summed E-state index contributed by atoms with van der Waals surface area (Å²) < 4.78 is 8.00. The predicted octanol–water partition coefficient (Wildman–Crippen LogP) is 4.25. The summed E-state index contributed by atoms with van der Waals surface area (Å²) >= 11 is 3.48. The summed E-state index contributed by atoms with van der Waals surface area (Å²) in [6.07, 6.45) is 1.71. The van der Waals surface area contributed by atoms with Gasteiger partial charge < -0.3 is 14.6 Å². The molecule has 0 aliphatic heterocycles. The molecule has 3 aromatic rings. The topological polar surface area (TPSA) is 56.1 Å². The number of hydrogen-bond donors (Lipinski definition) is 1. The molecule has 0 aliphatic carbocycles. The van der Waals surface area contributed by atoms with Gasteiger partial charge in [0.25, 0.3) is 0 Å². The maximum Gasteiger partial charge on any atom is 0.243 e. The van der Waals surface area contributed by atoms with Crippen LogP contribution in [0.2, 0.25) is 0 Å². The fourth-order valence-corrected chi connectivity index (χ4v) is 3.34. The molecule has 2 unspecified atom stereocenters. The number of aromatic nitrogens is 2. The minimum atomic E-state index is -0.350. The van der Waals surface area contributed by atoms with E-state index >= 15 is 0 Å². The van der Waals surface area contributed by atoms with Gasteiger partial charge in [-0.2, -0.15) is 0 Å². The Labute approximate surface area is 155 Å². The number of nitrogens with one attached hydrogen (secondary N) is 1. The lowest BCUT2D eigenvalue weighted by Gasteiger charge is -2.20. The highest BCUT2D eigenvalue weighted by molar-refractivity contribution is 9.10. The first-order chi connectivity index (χ1) is 12.0. The van der Waals surface area contributed by atoms with Gasteiger partial charge in [0, 0.05) is 0 Å². The summed E-state index contributed by atoms with van der Waals surface area (Å²) in [6.45, 7) is 3.84. The summed E-state index contributed by atoms with van der Waals surface area (Å²) in [6, 6.07) is 13.1. The van der Waals surface area contributed by atoms with Crippen LogP contribution in [0.4, 0.5) is 0 Å². The predicted molar refractivity (Wildman–Crippen MR) is 102 cm³/mol. The van der Waals surface area contributed by atoms with Crippen molar-refractivity contribution in [2.45, 2.75) is 25.9 Å². The quantitative estimate of drug-likeness (QED) is 0.695. The SMILES string of the molecule is COc1ccc(C(C)NC(=O)C(C)n2cnc3ccccc32)cc1Br. The van der Waals surface area contributed by atoms with Crippen LogP contribution in [0.5, 0.6) is 5.75 Å². The van der Waals surface area contributed by atoms with Crippen molar-refractivity contribution in [1.82, 2.24) is 14.9 Å². The number of carbonyl (C=O) groups is 1. The van der Waals surface area contributed by atoms with Crippen LogP contribution in [0, 0.1) is 0 Å². The Kier molecular flexibility index (Phi) is 5.08. The number of hydrogen-bond acceptors (Lipinski definition) is 3. The van der Waals surface area contributed by atoms with Gasteiger partial charge in [-0.3, -0.25) is 4.79 Å². The largest absolute Gasteiger partial charge is 0.496 e. The zero-order valence-corrected chi connectivity index (χ0v) is 15.9. The number of amides is 1. The van der Waals surface area contributed by atoms with Crippen LogP contribution in [0.3, 0.4) is 0 Å². The van der Waals surface area contributed by atoms with Crippen molar-refractivity contribution in [2.75, 3.05) is 7.11 Å². The molecule has 1 N–H and O–H groups in total. The maximum atomic E-state index is 12.7. The number of benzene rings is 2. The summed E-state index contributed by atoms with van der Waals surface area (Å²) in [5.74, 6) is 0.711. The van der Waals surface area contributed by atoms with Crippen LogP contribution in [-0.2, 0) is 4.79 Å². The molecule has 1 amide bonds. The molecule has 3 rings (SSSR count). The van der Waals surface area contributed by atoms with E-state index in [4.69, 9.17) is 4.74 Å². The van der Waals surface area contributed by atoms with Crippen molar-refractivity contribution in [1.29, 1.82) is 0 Å². The third-order valence-electron chi connectivity index (χ3n) is 4.31. The molecule has 0 bridgehead atoms. The number of ether oxygens (including phenoxy) is 1. The van der Waals surface area contributed by atoms with Gasteiger partial charge in [0.05, 0.1) is 35.0 Å². The van der Waals surface area contributed by atoms with Gasteiger partial charge in [-0.15, -0.1) is 0 Å². The van der Waals surface area contributed by atoms with E-state index in [1.807, 2.05) is 60.9 Å². The summed E-state index contributed by atoms with van der Waals surface area (Å²) in [5, 5.41) is 3.06. The minimum absolute atomic E-state index is 0.0532. The van der Waals surface area contributed by atoms with E-state index in [-0.39, 0.29) is 18.0 Å². The van der Waals surface area contributed by atoms with Gasteiger partial charge in [0.15, 0.2) is 0 Å². The van der Waals surface area contributed by atoms with Crippen molar-refractivity contribution in [2.24, 2.45) is 0 Å². The fourth-order valence-electron chi connectivity index (χ4n) is 2.78. The number of carbonyl (C=O) groups excluding carboxylic acids is 1. The second kappa shape index (κ2) is 7.27. The molecule has 0 fully saturated rings. The van der Waals surface area contributed by atoms with Crippen molar-refractivity contribution in [3.05, 3.63) is 58.8 Å². The van der Waals surface area contributed by atoms with Crippen LogP contribution in [0.15, 0.2) is 53.3 Å². The first-order valence-electron chi connectivity index (χ1n) is 8.06. The number of nitrogens with zero attached hydrogens (tertiary/aromatic N) is 2. The van der Waals surface area contributed by atoms with Crippen LogP contribution in [-0.4, -0.2) is 22.6 Å². The molecule has 1 aromatic heterocycles. The molecule has 2 atom stereocenters. The monoisotopic (exact) mass is 401 g/mol. The Morgan fingerprint density at radius 3 is 2.72 bits per heavy atom. The molecule has 0 radical (unpaired) electrons. The van der Waals surface area contributed by atoms with Gasteiger partial charge >= 0.3 is 0 Å². The van der Waals surface area contributed by atoms with E-state index in [1.165, 1.54) is 0 Å². The van der Waals surface area contributed by atoms with Crippen LogP contribution < -0.4 is 10.1 Å². The first kappa shape index (κ1) is 17.5. The Morgan fingerprint density at radius 1 is 1.24 bits per heavy atom. The standard InChI is InChI=1S/C19H20BrN3O2/c1-12(14-8-9-18(25-3)15(20)10-14)22-19(24)13(2)23-11-21-16-6-4-5-7-17(16)23/h4-13H,1-3H3,(H,22,24). The van der Waals surface area contributed by atoms with E-state index in [0.717, 1.165) is 26.8 Å².